The predicted octanol–water partition coefficient (Wildman–Crippen LogP) is 2.29. The van der Waals surface area contributed by atoms with Crippen molar-refractivity contribution < 1.29 is 13.2 Å². The summed E-state index contributed by atoms with van der Waals surface area (Å²) in [5.41, 5.74) is 0. The Morgan fingerprint density at radius 1 is 1.36 bits per heavy atom. The molecule has 1 aliphatic carbocycles. The van der Waals surface area contributed by atoms with Crippen molar-refractivity contribution in [2.75, 3.05) is 6.61 Å². The third-order valence-corrected chi connectivity index (χ3v) is 5.36. The van der Waals surface area contributed by atoms with Crippen LogP contribution in [0.2, 0.25) is 0 Å². The van der Waals surface area contributed by atoms with Crippen LogP contribution in [-0.2, 0) is 13.8 Å². The van der Waals surface area contributed by atoms with E-state index in [0.29, 0.717) is 12.8 Å². The van der Waals surface area contributed by atoms with Gasteiger partial charge in [-0.2, -0.15) is 0 Å². The molecule has 0 spiro atoms. The molecule has 84 valence electrons. The van der Waals surface area contributed by atoms with E-state index >= 15 is 0 Å². The van der Waals surface area contributed by atoms with Crippen molar-refractivity contribution in [3.63, 3.8) is 0 Å². The molecule has 0 N–H and O–H groups in total. The van der Waals surface area contributed by atoms with Crippen molar-refractivity contribution in [2.24, 2.45) is 0 Å². The van der Waals surface area contributed by atoms with Gasteiger partial charge in [-0.25, -0.2) is 8.42 Å². The largest absolute Gasteiger partial charge is 0.377 e. The summed E-state index contributed by atoms with van der Waals surface area (Å²) >= 11 is 0. The molecule has 0 aliphatic heterocycles. The van der Waals surface area contributed by atoms with Crippen LogP contribution in [-0.4, -0.2) is 25.9 Å². The van der Waals surface area contributed by atoms with Gasteiger partial charge in [0, 0.05) is 10.7 Å². The number of hydrogen-bond acceptors (Lipinski definition) is 3. The van der Waals surface area contributed by atoms with Crippen LogP contribution in [0.4, 0.5) is 0 Å². The first-order valence-electron chi connectivity index (χ1n) is 5.01. The van der Waals surface area contributed by atoms with E-state index in [1.807, 2.05) is 13.8 Å². The van der Waals surface area contributed by atoms with Crippen LogP contribution in [0, 0.1) is 0 Å². The third-order valence-electron chi connectivity index (χ3n) is 2.82. The van der Waals surface area contributed by atoms with E-state index in [4.69, 9.17) is 15.4 Å². The van der Waals surface area contributed by atoms with Gasteiger partial charge in [-0.15, -0.1) is 0 Å². The van der Waals surface area contributed by atoms with Crippen molar-refractivity contribution >= 4 is 19.7 Å². The van der Waals surface area contributed by atoms with Gasteiger partial charge in [0.15, 0.2) is 0 Å². The van der Waals surface area contributed by atoms with Gasteiger partial charge in [-0.1, -0.05) is 13.8 Å². The lowest BCUT2D eigenvalue weighted by Gasteiger charge is -2.17. The van der Waals surface area contributed by atoms with Crippen LogP contribution < -0.4 is 0 Å². The minimum Gasteiger partial charge on any atom is -0.377 e. The van der Waals surface area contributed by atoms with Gasteiger partial charge in [-0.05, 0) is 25.7 Å². The maximum absolute atomic E-state index is 11.2. The predicted molar refractivity (Wildman–Crippen MR) is 57.1 cm³/mol. The molecular weight excluding hydrogens is 224 g/mol. The van der Waals surface area contributed by atoms with Crippen LogP contribution in [0.1, 0.15) is 39.5 Å². The summed E-state index contributed by atoms with van der Waals surface area (Å²) in [4.78, 5) is 0. The Balaban J connectivity index is 2.46. The molecule has 5 heteroatoms. The molecule has 14 heavy (non-hydrogen) atoms. The van der Waals surface area contributed by atoms with Gasteiger partial charge >= 0.3 is 0 Å². The maximum Gasteiger partial charge on any atom is 0.240 e. The average molecular weight is 241 g/mol. The van der Waals surface area contributed by atoms with Gasteiger partial charge in [0.25, 0.3) is 0 Å². The highest BCUT2D eigenvalue weighted by molar-refractivity contribution is 8.15. The summed E-state index contributed by atoms with van der Waals surface area (Å²) in [6, 6.07) is 0. The normalized spacial score (nSPS) is 20.0. The first-order valence-corrected chi connectivity index (χ1v) is 7.32. The zero-order valence-corrected chi connectivity index (χ0v) is 10.2. The molecule has 1 rings (SSSR count). The quantitative estimate of drug-likeness (QED) is 0.669. The number of ether oxygens (including phenoxy) is 1. The highest BCUT2D eigenvalue weighted by atomic mass is 35.7. The second-order valence-electron chi connectivity index (χ2n) is 3.87. The summed E-state index contributed by atoms with van der Waals surface area (Å²) in [5.74, 6) is 0. The molecule has 1 fully saturated rings. The van der Waals surface area contributed by atoms with Crippen molar-refractivity contribution in [1.29, 1.82) is 0 Å². The van der Waals surface area contributed by atoms with Gasteiger partial charge in [-0.3, -0.25) is 0 Å². The lowest BCUT2D eigenvalue weighted by Crippen LogP contribution is -2.27. The van der Waals surface area contributed by atoms with Crippen LogP contribution >= 0.6 is 10.7 Å². The summed E-state index contributed by atoms with van der Waals surface area (Å²) < 4.78 is 27.1. The molecule has 0 radical (unpaired) electrons. The highest BCUT2D eigenvalue weighted by Gasteiger charge is 2.54. The number of hydrogen-bond donors (Lipinski definition) is 0. The first-order chi connectivity index (χ1) is 6.45. The fraction of sp³-hybridized carbons (Fsp3) is 1.00. The van der Waals surface area contributed by atoms with Gasteiger partial charge in [0.05, 0.1) is 12.7 Å². The Morgan fingerprint density at radius 3 is 2.14 bits per heavy atom. The molecule has 0 aromatic heterocycles. The standard InChI is InChI=1S/C9H17ClO3S/c1-3-8(4-2)13-7-9(5-6-9)14(10,11)12/h8H,3-7H2,1-2H3. The molecule has 0 aromatic carbocycles. The molecule has 0 saturated heterocycles. The fourth-order valence-corrected chi connectivity index (χ4v) is 2.79. The SMILES string of the molecule is CCC(CC)OCC1(S(=O)(=O)Cl)CC1. The summed E-state index contributed by atoms with van der Waals surface area (Å²) in [6.45, 7) is 4.32. The molecule has 1 aliphatic rings. The van der Waals surface area contributed by atoms with Gasteiger partial charge in [0.1, 0.15) is 4.75 Å². The van der Waals surface area contributed by atoms with Crippen LogP contribution in [0.5, 0.6) is 0 Å². The lowest BCUT2D eigenvalue weighted by atomic mass is 10.2. The second kappa shape index (κ2) is 4.37. The summed E-state index contributed by atoms with van der Waals surface area (Å²) in [5, 5.41) is 0. The molecule has 0 heterocycles. The second-order valence-corrected chi connectivity index (χ2v) is 6.83. The van der Waals surface area contributed by atoms with Crippen LogP contribution in [0.15, 0.2) is 0 Å². The Morgan fingerprint density at radius 2 is 1.86 bits per heavy atom. The molecule has 0 unspecified atom stereocenters. The molecular formula is C9H17ClO3S. The topological polar surface area (TPSA) is 43.4 Å². The van der Waals surface area contributed by atoms with Crippen LogP contribution in [0.3, 0.4) is 0 Å². The number of halogens is 1. The zero-order valence-electron chi connectivity index (χ0n) is 8.62. The Hall–Kier alpha value is 0.200. The average Bonchev–Trinajstić information content (AvgIpc) is 2.86. The summed E-state index contributed by atoms with van der Waals surface area (Å²) in [7, 11) is 1.89. The van der Waals surface area contributed by atoms with E-state index < -0.39 is 13.8 Å². The monoisotopic (exact) mass is 240 g/mol. The van der Waals surface area contributed by atoms with Crippen molar-refractivity contribution in [2.45, 2.75) is 50.4 Å². The smallest absolute Gasteiger partial charge is 0.240 e. The van der Waals surface area contributed by atoms with Crippen molar-refractivity contribution in [3.8, 4) is 0 Å². The Kier molecular flexibility index (Phi) is 3.83. The third kappa shape index (κ3) is 2.61. The minimum atomic E-state index is -3.46. The van der Waals surface area contributed by atoms with E-state index in [1.165, 1.54) is 0 Å². The minimum absolute atomic E-state index is 0.158. The molecule has 3 nitrogen and oxygen atoms in total. The van der Waals surface area contributed by atoms with Crippen LogP contribution in [0.25, 0.3) is 0 Å². The van der Waals surface area contributed by atoms with Gasteiger partial charge < -0.3 is 4.74 Å². The Labute approximate surface area is 90.2 Å². The molecule has 0 amide bonds. The van der Waals surface area contributed by atoms with E-state index in [2.05, 4.69) is 0 Å². The lowest BCUT2D eigenvalue weighted by molar-refractivity contribution is 0.0454. The highest BCUT2D eigenvalue weighted by Crippen LogP contribution is 2.46. The molecule has 0 bridgehead atoms. The maximum atomic E-state index is 11.2. The summed E-state index contributed by atoms with van der Waals surface area (Å²) in [6.07, 6.45) is 3.26. The molecule has 1 saturated carbocycles. The first kappa shape index (κ1) is 12.3. The molecule has 0 atom stereocenters. The van der Waals surface area contributed by atoms with Crippen molar-refractivity contribution in [3.05, 3.63) is 0 Å². The van der Waals surface area contributed by atoms with Gasteiger partial charge in [0.2, 0.25) is 9.05 Å². The zero-order chi connectivity index (χ0) is 10.8. The molecule has 0 aromatic rings. The van der Waals surface area contributed by atoms with Crippen molar-refractivity contribution in [1.82, 2.24) is 0 Å². The number of rotatable bonds is 6. The van der Waals surface area contributed by atoms with E-state index in [9.17, 15) is 8.42 Å². The van der Waals surface area contributed by atoms with E-state index in [-0.39, 0.29) is 12.7 Å². The van der Waals surface area contributed by atoms with E-state index in [1.54, 1.807) is 0 Å². The fourth-order valence-electron chi connectivity index (χ4n) is 1.39. The van der Waals surface area contributed by atoms with E-state index in [0.717, 1.165) is 12.8 Å². The Bertz CT molecular complexity index is 278.